The minimum atomic E-state index is -3.45. The SMILES string of the molecule is O=S1(=O)CCCNc2cccc(F)c21. The standard InChI is InChI=1S/C9H10FNO2S/c10-7-3-1-4-8-9(7)14(12,13)6-2-5-11-8/h1,3-4,11H,2,5-6H2. The maximum Gasteiger partial charge on any atom is 0.183 e. The third-order valence-corrected chi connectivity index (χ3v) is 4.05. The number of hydrogen-bond acceptors (Lipinski definition) is 3. The largest absolute Gasteiger partial charge is 0.384 e. The highest BCUT2D eigenvalue weighted by molar-refractivity contribution is 7.91. The fraction of sp³-hybridized carbons (Fsp3) is 0.333. The molecule has 0 radical (unpaired) electrons. The normalized spacial score (nSPS) is 19.2. The lowest BCUT2D eigenvalue weighted by molar-refractivity contribution is 0.569. The minimum absolute atomic E-state index is 0.00787. The number of nitrogens with one attached hydrogen (secondary N) is 1. The molecule has 0 aliphatic carbocycles. The molecule has 2 rings (SSSR count). The summed E-state index contributed by atoms with van der Waals surface area (Å²) < 4.78 is 36.6. The second-order valence-corrected chi connectivity index (χ2v) is 5.26. The number of sulfone groups is 1. The molecule has 0 unspecified atom stereocenters. The van der Waals surface area contributed by atoms with Gasteiger partial charge >= 0.3 is 0 Å². The van der Waals surface area contributed by atoms with Gasteiger partial charge in [-0.2, -0.15) is 0 Å². The van der Waals surface area contributed by atoms with Gasteiger partial charge in [0.05, 0.1) is 11.4 Å². The van der Waals surface area contributed by atoms with E-state index in [-0.39, 0.29) is 10.6 Å². The van der Waals surface area contributed by atoms with Crippen molar-refractivity contribution in [2.24, 2.45) is 0 Å². The number of rotatable bonds is 0. The lowest BCUT2D eigenvalue weighted by Crippen LogP contribution is -2.07. The maximum atomic E-state index is 13.3. The van der Waals surface area contributed by atoms with Crippen LogP contribution in [-0.4, -0.2) is 20.7 Å². The first-order chi connectivity index (χ1) is 6.61. The fourth-order valence-electron chi connectivity index (χ4n) is 1.55. The van der Waals surface area contributed by atoms with Crippen molar-refractivity contribution in [3.8, 4) is 0 Å². The molecule has 0 amide bonds. The first-order valence-corrected chi connectivity index (χ1v) is 6.01. The molecule has 3 nitrogen and oxygen atoms in total. The van der Waals surface area contributed by atoms with E-state index in [4.69, 9.17) is 0 Å². The average molecular weight is 215 g/mol. The summed E-state index contributed by atoms with van der Waals surface area (Å²) in [5, 5.41) is 2.90. The number of fused-ring (bicyclic) bond motifs is 1. The number of benzene rings is 1. The van der Waals surface area contributed by atoms with Crippen molar-refractivity contribution < 1.29 is 12.8 Å². The molecule has 0 saturated heterocycles. The zero-order valence-electron chi connectivity index (χ0n) is 7.46. The molecule has 1 aromatic rings. The summed E-state index contributed by atoms with van der Waals surface area (Å²) in [6, 6.07) is 4.26. The van der Waals surface area contributed by atoms with E-state index in [9.17, 15) is 12.8 Å². The topological polar surface area (TPSA) is 46.2 Å². The van der Waals surface area contributed by atoms with Crippen molar-refractivity contribution in [2.75, 3.05) is 17.6 Å². The molecule has 5 heteroatoms. The maximum absolute atomic E-state index is 13.3. The minimum Gasteiger partial charge on any atom is -0.384 e. The molecule has 0 aromatic heterocycles. The highest BCUT2D eigenvalue weighted by Gasteiger charge is 2.25. The lowest BCUT2D eigenvalue weighted by Gasteiger charge is -2.07. The summed E-state index contributed by atoms with van der Waals surface area (Å²) in [5.41, 5.74) is 0.377. The first kappa shape index (κ1) is 9.45. The van der Waals surface area contributed by atoms with Crippen LogP contribution in [0.2, 0.25) is 0 Å². The van der Waals surface area contributed by atoms with E-state index in [1.807, 2.05) is 0 Å². The molecule has 1 aromatic carbocycles. The summed E-state index contributed by atoms with van der Waals surface area (Å²) in [5.74, 6) is -0.662. The molecule has 14 heavy (non-hydrogen) atoms. The Hall–Kier alpha value is -1.10. The van der Waals surface area contributed by atoms with E-state index in [2.05, 4.69) is 5.32 Å². The lowest BCUT2D eigenvalue weighted by atomic mass is 10.3. The number of halogens is 1. The van der Waals surface area contributed by atoms with E-state index >= 15 is 0 Å². The van der Waals surface area contributed by atoms with Gasteiger partial charge in [-0.1, -0.05) is 6.07 Å². The molecule has 76 valence electrons. The summed E-state index contributed by atoms with van der Waals surface area (Å²) in [6.45, 7) is 0.565. The predicted octanol–water partition coefficient (Wildman–Crippen LogP) is 1.42. The van der Waals surface area contributed by atoms with Crippen molar-refractivity contribution in [3.63, 3.8) is 0 Å². The van der Waals surface area contributed by atoms with Crippen molar-refractivity contribution >= 4 is 15.5 Å². The fourth-order valence-corrected chi connectivity index (χ4v) is 3.12. The zero-order valence-corrected chi connectivity index (χ0v) is 8.27. The molecule has 0 saturated carbocycles. The van der Waals surface area contributed by atoms with Crippen molar-refractivity contribution in [1.29, 1.82) is 0 Å². The van der Waals surface area contributed by atoms with Gasteiger partial charge in [-0.3, -0.25) is 0 Å². The van der Waals surface area contributed by atoms with Crippen molar-refractivity contribution in [2.45, 2.75) is 11.3 Å². The summed E-state index contributed by atoms with van der Waals surface area (Å²) >= 11 is 0. The molecular weight excluding hydrogens is 205 g/mol. The van der Waals surface area contributed by atoms with Crippen LogP contribution in [0.25, 0.3) is 0 Å². The molecule has 1 aliphatic heterocycles. The van der Waals surface area contributed by atoms with Crippen LogP contribution in [0.1, 0.15) is 6.42 Å². The quantitative estimate of drug-likeness (QED) is 0.711. The number of hydrogen-bond donors (Lipinski definition) is 1. The van der Waals surface area contributed by atoms with Crippen LogP contribution < -0.4 is 5.32 Å². The van der Waals surface area contributed by atoms with E-state index in [1.54, 1.807) is 6.07 Å². The molecule has 0 spiro atoms. The van der Waals surface area contributed by atoms with Gasteiger partial charge in [0, 0.05) is 6.54 Å². The second-order valence-electron chi connectivity index (χ2n) is 3.22. The van der Waals surface area contributed by atoms with E-state index in [0.29, 0.717) is 18.7 Å². The van der Waals surface area contributed by atoms with Crippen LogP contribution in [0.15, 0.2) is 23.1 Å². The van der Waals surface area contributed by atoms with Gasteiger partial charge in [-0.15, -0.1) is 0 Å². The van der Waals surface area contributed by atoms with E-state index in [0.717, 1.165) is 0 Å². The van der Waals surface area contributed by atoms with Crippen LogP contribution in [-0.2, 0) is 9.84 Å². The van der Waals surface area contributed by atoms with Crippen molar-refractivity contribution in [1.82, 2.24) is 0 Å². The summed E-state index contributed by atoms with van der Waals surface area (Å²) in [4.78, 5) is -0.183. The van der Waals surface area contributed by atoms with Gasteiger partial charge in [-0.05, 0) is 18.6 Å². The van der Waals surface area contributed by atoms with Crippen LogP contribution >= 0.6 is 0 Å². The highest BCUT2D eigenvalue weighted by Crippen LogP contribution is 2.27. The van der Waals surface area contributed by atoms with Gasteiger partial charge in [0.15, 0.2) is 9.84 Å². The predicted molar refractivity (Wildman–Crippen MR) is 51.6 cm³/mol. The third kappa shape index (κ3) is 1.48. The summed E-state index contributed by atoms with van der Waals surface area (Å²) in [7, 11) is -3.45. The average Bonchev–Trinajstić information content (AvgIpc) is 2.25. The highest BCUT2D eigenvalue weighted by atomic mass is 32.2. The molecule has 1 aliphatic rings. The zero-order chi connectivity index (χ0) is 10.2. The Labute approximate surface area is 81.9 Å². The Balaban J connectivity index is 2.70. The Kier molecular flexibility index (Phi) is 2.19. The van der Waals surface area contributed by atoms with E-state index in [1.165, 1.54) is 12.1 Å². The van der Waals surface area contributed by atoms with Gasteiger partial charge in [0.25, 0.3) is 0 Å². The smallest absolute Gasteiger partial charge is 0.183 e. The van der Waals surface area contributed by atoms with E-state index < -0.39 is 15.7 Å². The van der Waals surface area contributed by atoms with Crippen LogP contribution in [0, 0.1) is 5.82 Å². The van der Waals surface area contributed by atoms with Gasteiger partial charge in [0.1, 0.15) is 10.7 Å². The Morgan fingerprint density at radius 2 is 2.14 bits per heavy atom. The Morgan fingerprint density at radius 1 is 1.36 bits per heavy atom. The second kappa shape index (κ2) is 3.24. The Morgan fingerprint density at radius 3 is 2.93 bits per heavy atom. The van der Waals surface area contributed by atoms with Crippen LogP contribution in [0.4, 0.5) is 10.1 Å². The first-order valence-electron chi connectivity index (χ1n) is 4.36. The van der Waals surface area contributed by atoms with Crippen molar-refractivity contribution in [3.05, 3.63) is 24.0 Å². The van der Waals surface area contributed by atoms with Gasteiger partial charge in [-0.25, -0.2) is 12.8 Å². The molecule has 1 heterocycles. The molecule has 0 fully saturated rings. The third-order valence-electron chi connectivity index (χ3n) is 2.18. The molecule has 0 bridgehead atoms. The number of anilines is 1. The molecule has 1 N–H and O–H groups in total. The van der Waals surface area contributed by atoms with Crippen LogP contribution in [0.5, 0.6) is 0 Å². The van der Waals surface area contributed by atoms with Gasteiger partial charge < -0.3 is 5.32 Å². The summed E-state index contributed by atoms with van der Waals surface area (Å²) in [6.07, 6.45) is 0.510. The monoisotopic (exact) mass is 215 g/mol. The molecule has 0 atom stereocenters. The Bertz CT molecular complexity index is 456. The van der Waals surface area contributed by atoms with Crippen LogP contribution in [0.3, 0.4) is 0 Å². The molecular formula is C9H10FNO2S. The van der Waals surface area contributed by atoms with Gasteiger partial charge in [0.2, 0.25) is 0 Å².